The average Bonchev–Trinajstić information content (AvgIpc) is 3.30. The summed E-state index contributed by atoms with van der Waals surface area (Å²) in [6, 6.07) is 7.71. The zero-order valence-electron chi connectivity index (χ0n) is 18.9. The second-order valence-electron chi connectivity index (χ2n) is 7.84. The summed E-state index contributed by atoms with van der Waals surface area (Å²) in [5.41, 5.74) is 0.222. The zero-order chi connectivity index (χ0) is 25.2. The zero-order valence-corrected chi connectivity index (χ0v) is 18.9. The molecule has 1 aliphatic rings. The van der Waals surface area contributed by atoms with E-state index in [-0.39, 0.29) is 11.2 Å². The van der Waals surface area contributed by atoms with Crippen molar-refractivity contribution < 1.29 is 37.0 Å². The van der Waals surface area contributed by atoms with Gasteiger partial charge in [-0.05, 0) is 43.2 Å². The van der Waals surface area contributed by atoms with Crippen LogP contribution in [0.3, 0.4) is 0 Å². The van der Waals surface area contributed by atoms with Gasteiger partial charge in [0, 0.05) is 13.1 Å². The Morgan fingerprint density at radius 1 is 1.06 bits per heavy atom. The van der Waals surface area contributed by atoms with Crippen LogP contribution in [-0.4, -0.2) is 65.5 Å². The number of halogens is 3. The molecule has 0 saturated carbocycles. The number of aromatic nitrogens is 4. The molecule has 4 rings (SSSR count). The smallest absolute Gasteiger partial charge is 0.453 e. The van der Waals surface area contributed by atoms with E-state index in [1.54, 1.807) is 23.1 Å². The van der Waals surface area contributed by atoms with Crippen molar-refractivity contribution in [2.24, 2.45) is 5.92 Å². The first-order chi connectivity index (χ1) is 16.7. The Kier molecular flexibility index (Phi) is 6.76. The van der Waals surface area contributed by atoms with Crippen LogP contribution in [0, 0.1) is 5.92 Å². The first-order valence-corrected chi connectivity index (χ1v) is 10.7. The van der Waals surface area contributed by atoms with Crippen molar-refractivity contribution in [2.75, 3.05) is 38.8 Å². The van der Waals surface area contributed by atoms with E-state index in [2.05, 4.69) is 15.3 Å². The molecule has 10 nitrogen and oxygen atoms in total. The number of hydrogen-bond acceptors (Lipinski definition) is 9. The molecule has 0 spiro atoms. The minimum Gasteiger partial charge on any atom is -0.497 e. The van der Waals surface area contributed by atoms with E-state index in [4.69, 9.17) is 14.2 Å². The molecule has 0 atom stereocenters. The number of esters is 1. The Bertz CT molecular complexity index is 1240. The molecule has 1 aromatic carbocycles. The van der Waals surface area contributed by atoms with Crippen molar-refractivity contribution in [1.82, 2.24) is 19.8 Å². The number of anilines is 1. The number of benzene rings is 1. The van der Waals surface area contributed by atoms with E-state index in [0.29, 0.717) is 47.8 Å². The van der Waals surface area contributed by atoms with E-state index >= 15 is 0 Å². The van der Waals surface area contributed by atoms with Gasteiger partial charge in [0.25, 0.3) is 5.82 Å². The van der Waals surface area contributed by atoms with E-state index in [1.165, 1.54) is 26.4 Å². The van der Waals surface area contributed by atoms with Gasteiger partial charge in [-0.3, -0.25) is 9.59 Å². The fourth-order valence-electron chi connectivity index (χ4n) is 3.83. The van der Waals surface area contributed by atoms with Crippen LogP contribution in [0.4, 0.5) is 19.0 Å². The number of carbonyl (C=O) groups excluding carboxylic acids is 2. The van der Waals surface area contributed by atoms with Crippen LogP contribution < -0.4 is 14.4 Å². The number of ketones is 1. The summed E-state index contributed by atoms with van der Waals surface area (Å²) >= 11 is 0. The number of Topliss-reactive ketones (excluding diaryl/α,β-unsaturated/α-hetero) is 1. The van der Waals surface area contributed by atoms with Gasteiger partial charge in [0.1, 0.15) is 17.3 Å². The average molecular weight is 493 g/mol. The quantitative estimate of drug-likeness (QED) is 0.363. The van der Waals surface area contributed by atoms with Crippen molar-refractivity contribution in [3.05, 3.63) is 41.7 Å². The molecule has 0 N–H and O–H groups in total. The minimum absolute atomic E-state index is 0.0168. The Morgan fingerprint density at radius 3 is 2.46 bits per heavy atom. The maximum Gasteiger partial charge on any atom is 0.453 e. The van der Waals surface area contributed by atoms with Crippen molar-refractivity contribution >= 4 is 23.2 Å². The van der Waals surface area contributed by atoms with Gasteiger partial charge in [-0.15, -0.1) is 15.3 Å². The van der Waals surface area contributed by atoms with Gasteiger partial charge in [0.05, 0.1) is 25.7 Å². The molecule has 35 heavy (non-hydrogen) atoms. The predicted molar refractivity (Wildman–Crippen MR) is 116 cm³/mol. The third-order valence-electron chi connectivity index (χ3n) is 5.71. The molecule has 1 fully saturated rings. The van der Waals surface area contributed by atoms with Crippen molar-refractivity contribution in [1.29, 1.82) is 0 Å². The van der Waals surface area contributed by atoms with Gasteiger partial charge >= 0.3 is 12.1 Å². The van der Waals surface area contributed by atoms with Gasteiger partial charge in [0.15, 0.2) is 12.3 Å². The lowest BCUT2D eigenvalue weighted by Gasteiger charge is -2.31. The number of methoxy groups -OCH3 is 2. The van der Waals surface area contributed by atoms with Crippen molar-refractivity contribution in [3.8, 4) is 11.5 Å². The highest BCUT2D eigenvalue weighted by atomic mass is 19.4. The van der Waals surface area contributed by atoms with Gasteiger partial charge in [-0.2, -0.15) is 17.7 Å². The first kappa shape index (κ1) is 24.2. The number of hydrogen-bond donors (Lipinski definition) is 0. The van der Waals surface area contributed by atoms with Crippen LogP contribution in [-0.2, 0) is 15.7 Å². The van der Waals surface area contributed by atoms with E-state index in [0.717, 1.165) is 0 Å². The fraction of sp³-hybridized carbons (Fsp3) is 0.409. The number of nitrogens with zero attached hydrogens (tertiary/aromatic N) is 5. The number of fused-ring (bicyclic) bond motifs is 1. The third-order valence-corrected chi connectivity index (χ3v) is 5.71. The molecule has 2 aromatic heterocycles. The highest BCUT2D eigenvalue weighted by Crippen LogP contribution is 2.29. The van der Waals surface area contributed by atoms with Gasteiger partial charge in [-0.1, -0.05) is 0 Å². The summed E-state index contributed by atoms with van der Waals surface area (Å²) in [6.45, 7) is 0.299. The molecule has 13 heteroatoms. The van der Waals surface area contributed by atoms with Gasteiger partial charge in [0.2, 0.25) is 5.78 Å². The third kappa shape index (κ3) is 5.12. The maximum absolute atomic E-state index is 13.1. The summed E-state index contributed by atoms with van der Waals surface area (Å²) in [5, 5.41) is 10.7. The predicted octanol–water partition coefficient (Wildman–Crippen LogP) is 2.80. The van der Waals surface area contributed by atoms with E-state index < -0.39 is 36.3 Å². The summed E-state index contributed by atoms with van der Waals surface area (Å²) in [5.74, 6) is -1.48. The molecule has 3 heterocycles. The van der Waals surface area contributed by atoms with Crippen LogP contribution in [0.25, 0.3) is 5.65 Å². The maximum atomic E-state index is 13.1. The highest BCUT2D eigenvalue weighted by Gasteiger charge is 2.38. The lowest BCUT2D eigenvalue weighted by molar-refractivity contribution is -0.148. The van der Waals surface area contributed by atoms with Crippen LogP contribution in [0.2, 0.25) is 0 Å². The normalized spacial score (nSPS) is 14.7. The summed E-state index contributed by atoms with van der Waals surface area (Å²) in [7, 11) is 2.90. The minimum atomic E-state index is -4.69. The molecule has 0 unspecified atom stereocenters. The molecule has 0 aliphatic carbocycles. The highest BCUT2D eigenvalue weighted by molar-refractivity contribution is 6.00. The Labute approximate surface area is 197 Å². The Morgan fingerprint density at radius 2 is 1.80 bits per heavy atom. The van der Waals surface area contributed by atoms with Crippen molar-refractivity contribution in [3.63, 3.8) is 0 Å². The Hall–Kier alpha value is -3.90. The number of alkyl halides is 3. The molecule has 1 aliphatic heterocycles. The topological polar surface area (TPSA) is 108 Å². The van der Waals surface area contributed by atoms with E-state index in [1.807, 2.05) is 0 Å². The number of rotatable bonds is 7. The molecule has 0 amide bonds. The molecule has 1 saturated heterocycles. The molecule has 186 valence electrons. The molecule has 3 aromatic rings. The van der Waals surface area contributed by atoms with Crippen molar-refractivity contribution in [2.45, 2.75) is 19.0 Å². The lowest BCUT2D eigenvalue weighted by atomic mass is 9.97. The van der Waals surface area contributed by atoms with Crippen LogP contribution >= 0.6 is 0 Å². The number of carbonyl (C=O) groups is 2. The summed E-state index contributed by atoms with van der Waals surface area (Å²) in [4.78, 5) is 26.9. The lowest BCUT2D eigenvalue weighted by Crippen LogP contribution is -2.38. The first-order valence-electron chi connectivity index (χ1n) is 10.7. The largest absolute Gasteiger partial charge is 0.497 e. The second-order valence-corrected chi connectivity index (χ2v) is 7.84. The fourth-order valence-corrected chi connectivity index (χ4v) is 3.83. The SMILES string of the molecule is COc1ccc(OC)c(C(=O)COC(=O)C2CCN(c3ccc4nnc(C(F)(F)F)n4n3)CC2)c1. The summed E-state index contributed by atoms with van der Waals surface area (Å²) in [6.07, 6.45) is -3.90. The standard InChI is InChI=1S/C22H22F3N5O5/c1-33-14-3-4-17(34-2)15(11-14)16(31)12-35-20(32)13-7-9-29(10-8-13)19-6-5-18-26-27-21(22(23,24)25)30(18)28-19/h3-6,11,13H,7-10,12H2,1-2H3. The monoisotopic (exact) mass is 493 g/mol. The van der Waals surface area contributed by atoms with E-state index in [9.17, 15) is 22.8 Å². The number of piperidine rings is 1. The summed E-state index contributed by atoms with van der Waals surface area (Å²) < 4.78 is 55.6. The number of ether oxygens (including phenoxy) is 3. The van der Waals surface area contributed by atoms with Crippen LogP contribution in [0.1, 0.15) is 29.0 Å². The molecular formula is C22H22F3N5O5. The van der Waals surface area contributed by atoms with Crippen LogP contribution in [0.15, 0.2) is 30.3 Å². The molecule has 0 bridgehead atoms. The molecular weight excluding hydrogens is 471 g/mol. The van der Waals surface area contributed by atoms with Gasteiger partial charge < -0.3 is 19.1 Å². The Balaban J connectivity index is 1.35. The molecule has 0 radical (unpaired) electrons. The van der Waals surface area contributed by atoms with Crippen LogP contribution in [0.5, 0.6) is 11.5 Å². The second kappa shape index (κ2) is 9.76. The van der Waals surface area contributed by atoms with Gasteiger partial charge in [-0.25, -0.2) is 0 Å².